The van der Waals surface area contributed by atoms with Gasteiger partial charge in [-0.3, -0.25) is 4.98 Å². The summed E-state index contributed by atoms with van der Waals surface area (Å²) in [4.78, 5) is 8.34. The lowest BCUT2D eigenvalue weighted by molar-refractivity contribution is 1.41. The molecule has 0 radical (unpaired) electrons. The molecule has 0 spiro atoms. The van der Waals surface area contributed by atoms with Gasteiger partial charge >= 0.3 is 0 Å². The molecule has 0 aliphatic carbocycles. The Labute approximate surface area is 129 Å². The summed E-state index contributed by atoms with van der Waals surface area (Å²) in [6.07, 6.45) is 1.81. The number of benzene rings is 2. The van der Waals surface area contributed by atoms with E-state index in [2.05, 4.69) is 44.1 Å². The van der Waals surface area contributed by atoms with Gasteiger partial charge in [0.1, 0.15) is 0 Å². The molecule has 0 unspecified atom stereocenters. The van der Waals surface area contributed by atoms with E-state index in [9.17, 15) is 0 Å². The Bertz CT molecular complexity index is 776. The maximum Gasteiger partial charge on any atom is 0.0812 e. The molecule has 2 aromatic carbocycles. The molecule has 0 aliphatic rings. The Morgan fingerprint density at radius 3 is 2.60 bits per heavy atom. The fourth-order valence-corrected chi connectivity index (χ4v) is 3.07. The molecule has 0 fully saturated rings. The van der Waals surface area contributed by atoms with E-state index in [4.69, 9.17) is 0 Å². The molecule has 2 aromatic heterocycles. The summed E-state index contributed by atoms with van der Waals surface area (Å²) in [6, 6.07) is 18.2. The predicted octanol–water partition coefficient (Wildman–Crippen LogP) is 5.29. The van der Waals surface area contributed by atoms with Crippen LogP contribution in [0.15, 0.2) is 70.8 Å². The largest absolute Gasteiger partial charge is 0.256 e. The number of hydrogen-bond acceptors (Lipinski definition) is 3. The molecule has 2 heterocycles. The molecule has 4 heteroatoms. The minimum absolute atomic E-state index is 1.06. The Balaban J connectivity index is 0.000000121. The van der Waals surface area contributed by atoms with Crippen LogP contribution in [-0.2, 0) is 0 Å². The standard InChI is InChI=1S/C9H7N.C7H4BrNS/c1-2-6-9-8(4-1)5-3-7-10-9;8-5-1-2-6-7(3-5)10-4-9-6/h1-7H;1-4H. The van der Waals surface area contributed by atoms with Crippen LogP contribution in [0.25, 0.3) is 21.1 Å². The Hall–Kier alpha value is -1.78. The van der Waals surface area contributed by atoms with Gasteiger partial charge in [0.2, 0.25) is 0 Å². The lowest BCUT2D eigenvalue weighted by atomic mass is 10.2. The summed E-state index contributed by atoms with van der Waals surface area (Å²) >= 11 is 5.06. The van der Waals surface area contributed by atoms with Crippen LogP contribution in [0.1, 0.15) is 0 Å². The van der Waals surface area contributed by atoms with E-state index in [1.807, 2.05) is 48.1 Å². The molecule has 0 saturated heterocycles. The van der Waals surface area contributed by atoms with Crippen LogP contribution >= 0.6 is 27.3 Å². The van der Waals surface area contributed by atoms with Gasteiger partial charge in [0.05, 0.1) is 21.2 Å². The van der Waals surface area contributed by atoms with E-state index in [-0.39, 0.29) is 0 Å². The summed E-state index contributed by atoms with van der Waals surface area (Å²) in [6.45, 7) is 0. The van der Waals surface area contributed by atoms with Crippen molar-refractivity contribution in [3.05, 3.63) is 70.8 Å². The van der Waals surface area contributed by atoms with Crippen molar-refractivity contribution in [3.63, 3.8) is 0 Å². The van der Waals surface area contributed by atoms with Gasteiger partial charge in [-0.25, -0.2) is 4.98 Å². The number of halogens is 1. The Morgan fingerprint density at radius 1 is 0.850 bits per heavy atom. The zero-order valence-electron chi connectivity index (χ0n) is 10.5. The van der Waals surface area contributed by atoms with Crippen molar-refractivity contribution in [2.24, 2.45) is 0 Å². The van der Waals surface area contributed by atoms with Gasteiger partial charge in [-0.05, 0) is 30.3 Å². The zero-order valence-corrected chi connectivity index (χ0v) is 12.9. The first-order valence-corrected chi connectivity index (χ1v) is 7.79. The lowest BCUT2D eigenvalue weighted by Gasteiger charge is -1.91. The van der Waals surface area contributed by atoms with Crippen molar-refractivity contribution >= 4 is 48.4 Å². The minimum atomic E-state index is 1.06. The highest BCUT2D eigenvalue weighted by Crippen LogP contribution is 2.21. The predicted molar refractivity (Wildman–Crippen MR) is 89.1 cm³/mol. The molecular weight excluding hydrogens is 332 g/mol. The molecule has 4 aromatic rings. The van der Waals surface area contributed by atoms with Crippen molar-refractivity contribution in [3.8, 4) is 0 Å². The number of thiazole rings is 1. The van der Waals surface area contributed by atoms with Gasteiger partial charge in [-0.1, -0.05) is 40.2 Å². The molecule has 20 heavy (non-hydrogen) atoms. The van der Waals surface area contributed by atoms with Crippen molar-refractivity contribution in [2.45, 2.75) is 0 Å². The third-order valence-electron chi connectivity index (χ3n) is 2.81. The molecule has 0 saturated carbocycles. The molecule has 0 aliphatic heterocycles. The average Bonchev–Trinajstić information content (AvgIpc) is 2.95. The number of fused-ring (bicyclic) bond motifs is 2. The highest BCUT2D eigenvalue weighted by atomic mass is 79.9. The second-order valence-electron chi connectivity index (χ2n) is 4.16. The van der Waals surface area contributed by atoms with E-state index in [1.54, 1.807) is 11.3 Å². The van der Waals surface area contributed by atoms with E-state index in [0.29, 0.717) is 0 Å². The molecule has 0 N–H and O–H groups in total. The van der Waals surface area contributed by atoms with Crippen LogP contribution in [0.2, 0.25) is 0 Å². The van der Waals surface area contributed by atoms with Crippen LogP contribution in [0.5, 0.6) is 0 Å². The first-order chi connectivity index (χ1) is 9.83. The maximum absolute atomic E-state index is 4.18. The van der Waals surface area contributed by atoms with Crippen LogP contribution in [0.3, 0.4) is 0 Å². The molecule has 0 amide bonds. The summed E-state index contributed by atoms with van der Waals surface area (Å²) in [5, 5.41) is 1.20. The van der Waals surface area contributed by atoms with Crippen molar-refractivity contribution in [1.82, 2.24) is 9.97 Å². The van der Waals surface area contributed by atoms with Crippen LogP contribution in [-0.4, -0.2) is 9.97 Å². The first kappa shape index (κ1) is 13.2. The summed E-state index contributed by atoms with van der Waals surface area (Å²) in [5.74, 6) is 0. The molecule has 0 atom stereocenters. The van der Waals surface area contributed by atoms with Gasteiger partial charge in [-0.2, -0.15) is 0 Å². The highest BCUT2D eigenvalue weighted by Gasteiger charge is 1.94. The molecule has 2 nitrogen and oxygen atoms in total. The number of rotatable bonds is 0. The van der Waals surface area contributed by atoms with Crippen molar-refractivity contribution in [1.29, 1.82) is 0 Å². The normalized spacial score (nSPS) is 10.2. The highest BCUT2D eigenvalue weighted by molar-refractivity contribution is 9.10. The van der Waals surface area contributed by atoms with Gasteiger partial charge in [0.25, 0.3) is 0 Å². The first-order valence-electron chi connectivity index (χ1n) is 6.11. The number of aromatic nitrogens is 2. The van der Waals surface area contributed by atoms with E-state index < -0.39 is 0 Å². The topological polar surface area (TPSA) is 25.8 Å². The second-order valence-corrected chi connectivity index (χ2v) is 5.96. The molecule has 4 rings (SSSR count). The zero-order chi connectivity index (χ0) is 13.8. The van der Waals surface area contributed by atoms with Crippen LogP contribution in [0, 0.1) is 0 Å². The maximum atomic E-state index is 4.18. The Kier molecular flexibility index (Phi) is 4.04. The number of hydrogen-bond donors (Lipinski definition) is 0. The van der Waals surface area contributed by atoms with Crippen molar-refractivity contribution < 1.29 is 0 Å². The minimum Gasteiger partial charge on any atom is -0.256 e. The van der Waals surface area contributed by atoms with Gasteiger partial charge in [0, 0.05) is 16.1 Å². The van der Waals surface area contributed by atoms with Crippen molar-refractivity contribution in [2.75, 3.05) is 0 Å². The number of para-hydroxylation sites is 1. The lowest BCUT2D eigenvalue weighted by Crippen LogP contribution is -1.73. The fourth-order valence-electron chi connectivity index (χ4n) is 1.84. The third kappa shape index (κ3) is 3.03. The van der Waals surface area contributed by atoms with E-state index >= 15 is 0 Å². The number of pyridine rings is 1. The second kappa shape index (κ2) is 6.11. The van der Waals surface area contributed by atoms with E-state index in [1.165, 1.54) is 10.1 Å². The molecular formula is C16H11BrN2S. The van der Waals surface area contributed by atoms with Gasteiger partial charge < -0.3 is 0 Å². The quantitative estimate of drug-likeness (QED) is 0.433. The van der Waals surface area contributed by atoms with Gasteiger partial charge in [0.15, 0.2) is 0 Å². The van der Waals surface area contributed by atoms with E-state index in [0.717, 1.165) is 15.5 Å². The molecule has 98 valence electrons. The average molecular weight is 343 g/mol. The fraction of sp³-hybridized carbons (Fsp3) is 0. The summed E-state index contributed by atoms with van der Waals surface area (Å²) in [7, 11) is 0. The van der Waals surface area contributed by atoms with Crippen LogP contribution < -0.4 is 0 Å². The monoisotopic (exact) mass is 342 g/mol. The number of nitrogens with zero attached hydrogens (tertiary/aromatic N) is 2. The smallest absolute Gasteiger partial charge is 0.0812 e. The van der Waals surface area contributed by atoms with Gasteiger partial charge in [-0.15, -0.1) is 11.3 Å². The summed E-state index contributed by atoms with van der Waals surface area (Å²) in [5.41, 5.74) is 4.00. The van der Waals surface area contributed by atoms with Crippen LogP contribution in [0.4, 0.5) is 0 Å². The molecule has 0 bridgehead atoms. The SMILES string of the molecule is Brc1ccc2ncsc2c1.c1ccc2ncccc2c1. The summed E-state index contributed by atoms with van der Waals surface area (Å²) < 4.78 is 2.35. The third-order valence-corrected chi connectivity index (χ3v) is 4.09. The Morgan fingerprint density at radius 2 is 1.70 bits per heavy atom.